The Morgan fingerprint density at radius 3 is 2.14 bits per heavy atom. The number of aryl methyl sites for hydroxylation is 3. The van der Waals surface area contributed by atoms with Crippen LogP contribution in [-0.4, -0.2) is 32.1 Å². The van der Waals surface area contributed by atoms with E-state index in [9.17, 15) is 14.4 Å². The van der Waals surface area contributed by atoms with Crippen molar-refractivity contribution in [2.75, 3.05) is 19.1 Å². The predicted molar refractivity (Wildman–Crippen MR) is 109 cm³/mol. The molecule has 1 N–H and O–H groups in total. The number of urea groups is 1. The highest BCUT2D eigenvalue weighted by Crippen LogP contribution is 2.32. The molecule has 3 rings (SSSR count). The van der Waals surface area contributed by atoms with Crippen LogP contribution in [0.3, 0.4) is 0 Å². The highest BCUT2D eigenvalue weighted by molar-refractivity contribution is 6.39. The number of benzene rings is 2. The summed E-state index contributed by atoms with van der Waals surface area (Å²) in [6, 6.07) is 7.89. The fourth-order valence-electron chi connectivity index (χ4n) is 3.06. The van der Waals surface area contributed by atoms with Gasteiger partial charge in [-0.2, -0.15) is 0 Å². The molecule has 4 amide bonds. The van der Waals surface area contributed by atoms with E-state index in [1.54, 1.807) is 24.3 Å². The number of barbiturate groups is 1. The fraction of sp³-hybridized carbons (Fsp3) is 0.227. The molecule has 0 aromatic heterocycles. The van der Waals surface area contributed by atoms with Crippen molar-refractivity contribution in [2.24, 2.45) is 0 Å². The van der Waals surface area contributed by atoms with E-state index >= 15 is 0 Å². The van der Waals surface area contributed by atoms with Gasteiger partial charge in [0.15, 0.2) is 11.5 Å². The maximum absolute atomic E-state index is 13.1. The van der Waals surface area contributed by atoms with Crippen LogP contribution in [0.5, 0.6) is 11.5 Å². The number of hydrogen-bond donors (Lipinski definition) is 1. The average Bonchev–Trinajstić information content (AvgIpc) is 2.68. The molecule has 7 nitrogen and oxygen atoms in total. The predicted octanol–water partition coefficient (Wildman–Crippen LogP) is 3.30. The third-order valence-electron chi connectivity index (χ3n) is 4.92. The Hall–Kier alpha value is -3.61. The first-order valence-electron chi connectivity index (χ1n) is 8.98. The van der Waals surface area contributed by atoms with Crippen LogP contribution in [0.15, 0.2) is 35.9 Å². The Balaban J connectivity index is 2.07. The number of anilines is 1. The molecular formula is C22H22N2O5. The lowest BCUT2D eigenvalue weighted by Crippen LogP contribution is -2.54. The lowest BCUT2D eigenvalue weighted by molar-refractivity contribution is -0.122. The summed E-state index contributed by atoms with van der Waals surface area (Å²) in [4.78, 5) is 38.8. The molecule has 1 aliphatic rings. The van der Waals surface area contributed by atoms with Gasteiger partial charge in [-0.3, -0.25) is 14.9 Å². The first-order chi connectivity index (χ1) is 13.8. The first kappa shape index (κ1) is 20.1. The maximum Gasteiger partial charge on any atom is 0.335 e. The molecule has 1 aliphatic heterocycles. The van der Waals surface area contributed by atoms with Gasteiger partial charge < -0.3 is 9.47 Å². The van der Waals surface area contributed by atoms with Crippen molar-refractivity contribution in [1.82, 2.24) is 5.32 Å². The van der Waals surface area contributed by atoms with Crippen molar-refractivity contribution in [3.8, 4) is 11.5 Å². The van der Waals surface area contributed by atoms with Gasteiger partial charge in [-0.1, -0.05) is 6.07 Å². The molecule has 1 fully saturated rings. The Kier molecular flexibility index (Phi) is 5.41. The minimum atomic E-state index is -0.774. The Morgan fingerprint density at radius 1 is 0.862 bits per heavy atom. The number of carbonyl (C=O) groups excluding carboxylic acids is 3. The van der Waals surface area contributed by atoms with Gasteiger partial charge >= 0.3 is 6.03 Å². The van der Waals surface area contributed by atoms with Crippen molar-refractivity contribution in [3.63, 3.8) is 0 Å². The zero-order chi connectivity index (χ0) is 21.3. The number of carbonyl (C=O) groups is 3. The minimum Gasteiger partial charge on any atom is -0.493 e. The van der Waals surface area contributed by atoms with Gasteiger partial charge in [0.2, 0.25) is 0 Å². The molecule has 0 bridgehead atoms. The lowest BCUT2D eigenvalue weighted by atomic mass is 10.0. The molecule has 0 saturated carbocycles. The van der Waals surface area contributed by atoms with Crippen LogP contribution in [0.2, 0.25) is 0 Å². The van der Waals surface area contributed by atoms with Gasteiger partial charge in [0.05, 0.1) is 19.9 Å². The van der Waals surface area contributed by atoms with E-state index < -0.39 is 17.8 Å². The molecule has 7 heteroatoms. The quantitative estimate of drug-likeness (QED) is 0.635. The molecule has 29 heavy (non-hydrogen) atoms. The summed E-state index contributed by atoms with van der Waals surface area (Å²) in [6.45, 7) is 5.65. The normalized spacial score (nSPS) is 15.6. The Morgan fingerprint density at radius 2 is 1.52 bits per heavy atom. The molecule has 1 saturated heterocycles. The summed E-state index contributed by atoms with van der Waals surface area (Å²) in [7, 11) is 3.03. The van der Waals surface area contributed by atoms with Gasteiger partial charge in [0, 0.05) is 0 Å². The molecular weight excluding hydrogens is 372 g/mol. The number of nitrogens with one attached hydrogen (secondary N) is 1. The third-order valence-corrected chi connectivity index (χ3v) is 4.92. The van der Waals surface area contributed by atoms with Crippen molar-refractivity contribution in [2.45, 2.75) is 20.8 Å². The van der Waals surface area contributed by atoms with Gasteiger partial charge in [-0.25, -0.2) is 9.69 Å². The number of methoxy groups -OCH3 is 2. The second-order valence-corrected chi connectivity index (χ2v) is 6.79. The molecule has 2 aromatic rings. The molecule has 0 aliphatic carbocycles. The number of ether oxygens (including phenoxy) is 2. The van der Waals surface area contributed by atoms with E-state index in [2.05, 4.69) is 5.32 Å². The van der Waals surface area contributed by atoms with E-state index in [4.69, 9.17) is 9.47 Å². The number of amides is 4. The van der Waals surface area contributed by atoms with Crippen LogP contribution >= 0.6 is 0 Å². The minimum absolute atomic E-state index is 0.141. The molecule has 2 aromatic carbocycles. The summed E-state index contributed by atoms with van der Waals surface area (Å²) >= 11 is 0. The van der Waals surface area contributed by atoms with E-state index in [-0.39, 0.29) is 5.57 Å². The second-order valence-electron chi connectivity index (χ2n) is 6.79. The average molecular weight is 394 g/mol. The summed E-state index contributed by atoms with van der Waals surface area (Å²) in [5.74, 6) is -0.417. The summed E-state index contributed by atoms with van der Waals surface area (Å²) < 4.78 is 10.6. The van der Waals surface area contributed by atoms with Gasteiger partial charge in [0.25, 0.3) is 11.8 Å². The molecule has 150 valence electrons. The standard InChI is InChI=1S/C22H22N2O5/c1-12-6-7-16(8-13(12)2)24-21(26)17(20(25)23-22(24)27)10-15-11-19(29-5)18(28-4)9-14(15)3/h6-11H,1-5H3,(H,23,25,27)/b17-10+. The zero-order valence-corrected chi connectivity index (χ0v) is 17.0. The zero-order valence-electron chi connectivity index (χ0n) is 17.0. The summed E-state index contributed by atoms with van der Waals surface area (Å²) in [6.07, 6.45) is 1.45. The summed E-state index contributed by atoms with van der Waals surface area (Å²) in [5.41, 5.74) is 3.62. The smallest absolute Gasteiger partial charge is 0.335 e. The molecule has 1 heterocycles. The monoisotopic (exact) mass is 394 g/mol. The van der Waals surface area contributed by atoms with Crippen LogP contribution in [0, 0.1) is 20.8 Å². The van der Waals surface area contributed by atoms with Crippen LogP contribution in [0.1, 0.15) is 22.3 Å². The van der Waals surface area contributed by atoms with Crippen molar-refractivity contribution < 1.29 is 23.9 Å². The number of rotatable bonds is 4. The molecule has 0 spiro atoms. The van der Waals surface area contributed by atoms with E-state index in [0.29, 0.717) is 22.7 Å². The van der Waals surface area contributed by atoms with Gasteiger partial charge in [0.1, 0.15) is 5.57 Å². The topological polar surface area (TPSA) is 84.9 Å². The fourth-order valence-corrected chi connectivity index (χ4v) is 3.06. The van der Waals surface area contributed by atoms with Gasteiger partial charge in [-0.15, -0.1) is 0 Å². The Bertz CT molecular complexity index is 1060. The molecule has 0 atom stereocenters. The maximum atomic E-state index is 13.1. The third kappa shape index (κ3) is 3.71. The largest absolute Gasteiger partial charge is 0.493 e. The summed E-state index contributed by atoms with van der Waals surface area (Å²) in [5, 5.41) is 2.24. The van der Waals surface area contributed by atoms with Crippen LogP contribution in [0.25, 0.3) is 6.08 Å². The molecule has 0 unspecified atom stereocenters. The molecule has 0 radical (unpaired) electrons. The SMILES string of the molecule is COc1cc(C)c(/C=C2\C(=O)NC(=O)N(c3ccc(C)c(C)c3)C2=O)cc1OC. The van der Waals surface area contributed by atoms with Crippen LogP contribution in [0.4, 0.5) is 10.5 Å². The number of imide groups is 2. The second kappa shape index (κ2) is 7.79. The Labute approximate surface area is 168 Å². The number of nitrogens with zero attached hydrogens (tertiary/aromatic N) is 1. The highest BCUT2D eigenvalue weighted by Gasteiger charge is 2.37. The highest BCUT2D eigenvalue weighted by atomic mass is 16.5. The van der Waals surface area contributed by atoms with E-state index in [0.717, 1.165) is 21.6 Å². The van der Waals surface area contributed by atoms with Crippen molar-refractivity contribution in [1.29, 1.82) is 0 Å². The van der Waals surface area contributed by atoms with Crippen molar-refractivity contribution in [3.05, 3.63) is 58.2 Å². The van der Waals surface area contributed by atoms with E-state index in [1.807, 2.05) is 26.8 Å². The van der Waals surface area contributed by atoms with E-state index in [1.165, 1.54) is 20.3 Å². The number of hydrogen-bond acceptors (Lipinski definition) is 5. The van der Waals surface area contributed by atoms with Crippen LogP contribution < -0.4 is 19.7 Å². The van der Waals surface area contributed by atoms with Crippen molar-refractivity contribution >= 4 is 29.6 Å². The van der Waals surface area contributed by atoms with Crippen LogP contribution in [-0.2, 0) is 9.59 Å². The first-order valence-corrected chi connectivity index (χ1v) is 8.98. The van der Waals surface area contributed by atoms with Gasteiger partial charge in [-0.05, 0) is 73.4 Å². The lowest BCUT2D eigenvalue weighted by Gasteiger charge is -2.27.